The molecule has 0 aliphatic heterocycles. The monoisotopic (exact) mass is 283 g/mol. The number of nitrogens with one attached hydrogen (secondary N) is 1. The molecule has 0 unspecified atom stereocenters. The van der Waals surface area contributed by atoms with Crippen LogP contribution in [0.25, 0.3) is 0 Å². The van der Waals surface area contributed by atoms with Crippen molar-refractivity contribution in [2.24, 2.45) is 0 Å². The number of rotatable bonds is 5. The maximum Gasteiger partial charge on any atom is 0.227 e. The first-order chi connectivity index (χ1) is 10.0. The van der Waals surface area contributed by atoms with Crippen LogP contribution in [0.2, 0.25) is 0 Å². The lowest BCUT2D eigenvalue weighted by molar-refractivity contribution is -0.116. The SMILES string of the molecule is Cc1ccc(OCCC(=O)Nc2ccc(C)c(C)c2)cc1. The average Bonchev–Trinajstić information content (AvgIpc) is 2.45. The summed E-state index contributed by atoms with van der Waals surface area (Å²) >= 11 is 0. The lowest BCUT2D eigenvalue weighted by atomic mass is 10.1. The van der Waals surface area contributed by atoms with Gasteiger partial charge in [0.1, 0.15) is 5.75 Å². The Bertz CT molecular complexity index is 618. The fourth-order valence-corrected chi connectivity index (χ4v) is 1.94. The molecule has 2 aromatic rings. The van der Waals surface area contributed by atoms with Crippen molar-refractivity contribution >= 4 is 11.6 Å². The van der Waals surface area contributed by atoms with Crippen LogP contribution in [0, 0.1) is 20.8 Å². The summed E-state index contributed by atoms with van der Waals surface area (Å²) in [4.78, 5) is 11.9. The lowest BCUT2D eigenvalue weighted by Gasteiger charge is -2.09. The number of hydrogen-bond acceptors (Lipinski definition) is 2. The van der Waals surface area contributed by atoms with Crippen LogP contribution in [-0.2, 0) is 4.79 Å². The standard InChI is InChI=1S/C18H21NO2/c1-13-4-8-17(9-5-13)21-11-10-18(20)19-16-7-6-14(2)15(3)12-16/h4-9,12H,10-11H2,1-3H3,(H,19,20). The molecule has 0 heterocycles. The maximum atomic E-state index is 11.9. The number of benzene rings is 2. The van der Waals surface area contributed by atoms with Crippen molar-refractivity contribution < 1.29 is 9.53 Å². The highest BCUT2D eigenvalue weighted by Gasteiger charge is 2.04. The smallest absolute Gasteiger partial charge is 0.227 e. The lowest BCUT2D eigenvalue weighted by Crippen LogP contribution is -2.15. The molecular formula is C18H21NO2. The molecule has 21 heavy (non-hydrogen) atoms. The highest BCUT2D eigenvalue weighted by atomic mass is 16.5. The molecule has 0 spiro atoms. The second kappa shape index (κ2) is 6.93. The Morgan fingerprint density at radius 2 is 1.71 bits per heavy atom. The summed E-state index contributed by atoms with van der Waals surface area (Å²) < 4.78 is 5.55. The molecule has 1 amide bonds. The third-order valence-corrected chi connectivity index (χ3v) is 3.41. The quantitative estimate of drug-likeness (QED) is 0.900. The summed E-state index contributed by atoms with van der Waals surface area (Å²) in [7, 11) is 0. The van der Waals surface area contributed by atoms with Crippen molar-refractivity contribution in [2.75, 3.05) is 11.9 Å². The summed E-state index contributed by atoms with van der Waals surface area (Å²) in [6.07, 6.45) is 0.334. The van der Waals surface area contributed by atoms with Gasteiger partial charge in [-0.05, 0) is 56.2 Å². The Balaban J connectivity index is 1.79. The van der Waals surface area contributed by atoms with Gasteiger partial charge in [0, 0.05) is 5.69 Å². The van der Waals surface area contributed by atoms with Crippen LogP contribution < -0.4 is 10.1 Å². The molecule has 0 aromatic heterocycles. The number of hydrogen-bond donors (Lipinski definition) is 1. The van der Waals surface area contributed by atoms with E-state index in [0.29, 0.717) is 13.0 Å². The molecule has 1 N–H and O–H groups in total. The number of ether oxygens (including phenoxy) is 1. The Morgan fingerprint density at radius 3 is 2.38 bits per heavy atom. The van der Waals surface area contributed by atoms with Crippen LogP contribution >= 0.6 is 0 Å². The fourth-order valence-electron chi connectivity index (χ4n) is 1.94. The minimum Gasteiger partial charge on any atom is -0.493 e. The van der Waals surface area contributed by atoms with Crippen LogP contribution in [0.5, 0.6) is 5.75 Å². The van der Waals surface area contributed by atoms with Gasteiger partial charge in [-0.25, -0.2) is 0 Å². The zero-order valence-corrected chi connectivity index (χ0v) is 12.8. The van der Waals surface area contributed by atoms with E-state index in [1.54, 1.807) is 0 Å². The van der Waals surface area contributed by atoms with Crippen molar-refractivity contribution in [2.45, 2.75) is 27.2 Å². The van der Waals surface area contributed by atoms with Gasteiger partial charge in [-0.2, -0.15) is 0 Å². The Kier molecular flexibility index (Phi) is 4.99. The van der Waals surface area contributed by atoms with E-state index >= 15 is 0 Å². The van der Waals surface area contributed by atoms with Gasteiger partial charge in [0.05, 0.1) is 13.0 Å². The van der Waals surface area contributed by atoms with Gasteiger partial charge in [0.2, 0.25) is 5.91 Å². The molecule has 2 aromatic carbocycles. The zero-order valence-electron chi connectivity index (χ0n) is 12.8. The van der Waals surface area contributed by atoms with Gasteiger partial charge in [0.15, 0.2) is 0 Å². The molecule has 0 atom stereocenters. The first-order valence-corrected chi connectivity index (χ1v) is 7.11. The Morgan fingerprint density at radius 1 is 1.00 bits per heavy atom. The predicted octanol–water partition coefficient (Wildman–Crippen LogP) is 4.02. The van der Waals surface area contributed by atoms with E-state index in [0.717, 1.165) is 11.4 Å². The highest BCUT2D eigenvalue weighted by molar-refractivity contribution is 5.90. The molecule has 2 rings (SSSR count). The molecule has 0 fully saturated rings. The van der Waals surface area contributed by atoms with E-state index in [1.807, 2.05) is 56.3 Å². The third-order valence-electron chi connectivity index (χ3n) is 3.41. The van der Waals surface area contributed by atoms with E-state index in [4.69, 9.17) is 4.74 Å². The van der Waals surface area contributed by atoms with Crippen LogP contribution in [0.4, 0.5) is 5.69 Å². The largest absolute Gasteiger partial charge is 0.493 e. The molecular weight excluding hydrogens is 262 g/mol. The minimum atomic E-state index is -0.0367. The maximum absolute atomic E-state index is 11.9. The van der Waals surface area contributed by atoms with Crippen molar-refractivity contribution in [3.8, 4) is 5.75 Å². The number of carbonyl (C=O) groups is 1. The van der Waals surface area contributed by atoms with Crippen molar-refractivity contribution in [1.29, 1.82) is 0 Å². The summed E-state index contributed by atoms with van der Waals surface area (Å²) in [5.74, 6) is 0.755. The fraction of sp³-hybridized carbons (Fsp3) is 0.278. The van der Waals surface area contributed by atoms with Gasteiger partial charge in [0.25, 0.3) is 0 Å². The van der Waals surface area contributed by atoms with Crippen molar-refractivity contribution in [3.63, 3.8) is 0 Å². The topological polar surface area (TPSA) is 38.3 Å². The molecule has 3 heteroatoms. The normalized spacial score (nSPS) is 10.2. The van der Waals surface area contributed by atoms with Crippen molar-refractivity contribution in [3.05, 3.63) is 59.2 Å². The second-order valence-electron chi connectivity index (χ2n) is 5.26. The predicted molar refractivity (Wildman–Crippen MR) is 85.8 cm³/mol. The molecule has 3 nitrogen and oxygen atoms in total. The Hall–Kier alpha value is -2.29. The number of aryl methyl sites for hydroxylation is 3. The summed E-state index contributed by atoms with van der Waals surface area (Å²) in [6.45, 7) is 6.49. The minimum absolute atomic E-state index is 0.0367. The molecule has 0 aliphatic rings. The molecule has 0 saturated heterocycles. The zero-order chi connectivity index (χ0) is 15.2. The van der Waals surface area contributed by atoms with E-state index in [2.05, 4.69) is 12.2 Å². The van der Waals surface area contributed by atoms with Gasteiger partial charge >= 0.3 is 0 Å². The average molecular weight is 283 g/mol. The molecule has 0 bridgehead atoms. The molecule has 0 radical (unpaired) electrons. The van der Waals surface area contributed by atoms with Gasteiger partial charge < -0.3 is 10.1 Å². The summed E-state index contributed by atoms with van der Waals surface area (Å²) in [5.41, 5.74) is 4.41. The molecule has 0 saturated carbocycles. The second-order valence-corrected chi connectivity index (χ2v) is 5.26. The highest BCUT2D eigenvalue weighted by Crippen LogP contribution is 2.15. The third kappa shape index (κ3) is 4.63. The van der Waals surface area contributed by atoms with Gasteiger partial charge in [-0.15, -0.1) is 0 Å². The van der Waals surface area contributed by atoms with Gasteiger partial charge in [-0.3, -0.25) is 4.79 Å². The number of anilines is 1. The van der Waals surface area contributed by atoms with E-state index < -0.39 is 0 Å². The van der Waals surface area contributed by atoms with Gasteiger partial charge in [-0.1, -0.05) is 23.8 Å². The van der Waals surface area contributed by atoms with Crippen LogP contribution in [0.15, 0.2) is 42.5 Å². The first kappa shape index (κ1) is 15.1. The molecule has 0 aliphatic carbocycles. The number of amides is 1. The Labute approximate surface area is 126 Å². The van der Waals surface area contributed by atoms with Crippen LogP contribution in [0.3, 0.4) is 0 Å². The van der Waals surface area contributed by atoms with Crippen molar-refractivity contribution in [1.82, 2.24) is 0 Å². The van der Waals surface area contributed by atoms with Crippen LogP contribution in [-0.4, -0.2) is 12.5 Å². The summed E-state index contributed by atoms with van der Waals surface area (Å²) in [5, 5.41) is 2.89. The van der Waals surface area contributed by atoms with E-state index in [-0.39, 0.29) is 5.91 Å². The van der Waals surface area contributed by atoms with E-state index in [9.17, 15) is 4.79 Å². The first-order valence-electron chi connectivity index (χ1n) is 7.11. The number of carbonyl (C=O) groups excluding carboxylic acids is 1. The summed E-state index contributed by atoms with van der Waals surface area (Å²) in [6, 6.07) is 13.7. The van der Waals surface area contributed by atoms with Crippen LogP contribution in [0.1, 0.15) is 23.1 Å². The van der Waals surface area contributed by atoms with E-state index in [1.165, 1.54) is 16.7 Å². The molecule has 110 valence electrons.